The van der Waals surface area contributed by atoms with Gasteiger partial charge < -0.3 is 4.90 Å². The zero-order chi connectivity index (χ0) is 16.7. The van der Waals surface area contributed by atoms with Crippen LogP contribution in [0.15, 0.2) is 36.4 Å². The summed E-state index contributed by atoms with van der Waals surface area (Å²) in [6.45, 7) is 3.61. The van der Waals surface area contributed by atoms with Crippen LogP contribution >= 0.6 is 0 Å². The van der Waals surface area contributed by atoms with E-state index in [0.717, 1.165) is 53.9 Å². The van der Waals surface area contributed by atoms with E-state index < -0.39 is 0 Å². The van der Waals surface area contributed by atoms with Crippen molar-refractivity contribution in [2.24, 2.45) is 7.05 Å². The van der Waals surface area contributed by atoms with E-state index >= 15 is 0 Å². The third-order valence-electron chi connectivity index (χ3n) is 4.66. The fourth-order valence-corrected chi connectivity index (χ4v) is 3.46. The monoisotopic (exact) mass is 320 g/mol. The number of aromatic nitrogens is 3. The Morgan fingerprint density at radius 2 is 1.83 bits per heavy atom. The molecule has 0 unspecified atom stereocenters. The summed E-state index contributed by atoms with van der Waals surface area (Å²) < 4.78 is 1.76. The minimum atomic E-state index is 0.0909. The maximum absolute atomic E-state index is 13.1. The highest BCUT2D eigenvalue weighted by Gasteiger charge is 2.25. The molecule has 3 aromatic rings. The van der Waals surface area contributed by atoms with E-state index in [0.29, 0.717) is 5.56 Å². The van der Waals surface area contributed by atoms with Crippen LogP contribution in [0, 0.1) is 6.92 Å². The molecule has 3 heterocycles. The molecule has 5 heteroatoms. The number of fused-ring (bicyclic) bond motifs is 1. The highest BCUT2D eigenvalue weighted by atomic mass is 16.2. The highest BCUT2D eigenvalue weighted by molar-refractivity contribution is 6.07. The molecule has 1 aliphatic heterocycles. The van der Waals surface area contributed by atoms with Crippen LogP contribution in [0.5, 0.6) is 0 Å². The average molecular weight is 320 g/mol. The van der Waals surface area contributed by atoms with Crippen molar-refractivity contribution in [3.8, 4) is 11.3 Å². The van der Waals surface area contributed by atoms with Gasteiger partial charge in [0, 0.05) is 25.7 Å². The van der Waals surface area contributed by atoms with E-state index in [4.69, 9.17) is 4.98 Å². The van der Waals surface area contributed by atoms with Gasteiger partial charge in [0.1, 0.15) is 0 Å². The number of rotatable bonds is 2. The maximum atomic E-state index is 13.1. The molecule has 0 atom stereocenters. The molecule has 24 heavy (non-hydrogen) atoms. The lowest BCUT2D eigenvalue weighted by Gasteiger charge is -2.16. The van der Waals surface area contributed by atoms with Crippen LogP contribution < -0.4 is 0 Å². The van der Waals surface area contributed by atoms with Crippen molar-refractivity contribution in [3.63, 3.8) is 0 Å². The van der Waals surface area contributed by atoms with Crippen LogP contribution in [0.4, 0.5) is 0 Å². The number of hydrogen-bond acceptors (Lipinski definition) is 3. The molecule has 0 saturated carbocycles. The van der Waals surface area contributed by atoms with Crippen molar-refractivity contribution >= 4 is 16.9 Å². The smallest absolute Gasteiger partial charge is 0.254 e. The zero-order valence-electron chi connectivity index (χ0n) is 14.0. The van der Waals surface area contributed by atoms with Crippen molar-refractivity contribution < 1.29 is 4.79 Å². The van der Waals surface area contributed by atoms with Crippen LogP contribution in [0.2, 0.25) is 0 Å². The Labute approximate surface area is 140 Å². The first-order chi connectivity index (χ1) is 11.6. The quantitative estimate of drug-likeness (QED) is 0.729. The van der Waals surface area contributed by atoms with Gasteiger partial charge in [0.25, 0.3) is 5.91 Å². The third kappa shape index (κ3) is 2.37. The molecule has 1 saturated heterocycles. The van der Waals surface area contributed by atoms with Crippen LogP contribution in [-0.2, 0) is 7.05 Å². The Morgan fingerprint density at radius 3 is 2.54 bits per heavy atom. The first kappa shape index (κ1) is 14.9. The Kier molecular flexibility index (Phi) is 3.56. The molecular weight excluding hydrogens is 300 g/mol. The van der Waals surface area contributed by atoms with Gasteiger partial charge in [-0.05, 0) is 25.8 Å². The largest absolute Gasteiger partial charge is 0.339 e. The SMILES string of the molecule is Cc1nn(C)c2nc(-c3ccccc3)cc(C(=O)N3CCCC3)c12. The second-order valence-electron chi connectivity index (χ2n) is 6.33. The first-order valence-corrected chi connectivity index (χ1v) is 8.34. The van der Waals surface area contributed by atoms with Crippen LogP contribution in [0.3, 0.4) is 0 Å². The summed E-state index contributed by atoms with van der Waals surface area (Å²) in [6.07, 6.45) is 2.16. The second-order valence-corrected chi connectivity index (χ2v) is 6.33. The fraction of sp³-hybridized carbons (Fsp3) is 0.316. The zero-order valence-corrected chi connectivity index (χ0v) is 14.0. The lowest BCUT2D eigenvalue weighted by atomic mass is 10.0. The summed E-state index contributed by atoms with van der Waals surface area (Å²) in [7, 11) is 1.88. The molecule has 4 rings (SSSR count). The number of amides is 1. The molecular formula is C19H20N4O. The summed E-state index contributed by atoms with van der Waals surface area (Å²) in [5.74, 6) is 0.0909. The molecule has 1 aromatic carbocycles. The van der Waals surface area contributed by atoms with Crippen LogP contribution in [0.25, 0.3) is 22.3 Å². The molecule has 0 N–H and O–H groups in total. The minimum absolute atomic E-state index is 0.0909. The van der Waals surface area contributed by atoms with Gasteiger partial charge in [0.2, 0.25) is 0 Å². The molecule has 1 fully saturated rings. The summed E-state index contributed by atoms with van der Waals surface area (Å²) in [5.41, 5.74) is 4.15. The number of nitrogens with zero attached hydrogens (tertiary/aromatic N) is 4. The second kappa shape index (κ2) is 5.74. The molecule has 0 radical (unpaired) electrons. The third-order valence-corrected chi connectivity index (χ3v) is 4.66. The van der Waals surface area contributed by atoms with Gasteiger partial charge in [-0.1, -0.05) is 30.3 Å². The Morgan fingerprint density at radius 1 is 1.12 bits per heavy atom. The molecule has 0 bridgehead atoms. The number of hydrogen-bond donors (Lipinski definition) is 0. The topological polar surface area (TPSA) is 51.0 Å². The Balaban J connectivity index is 1.94. The van der Waals surface area contributed by atoms with Gasteiger partial charge in [-0.15, -0.1) is 0 Å². The minimum Gasteiger partial charge on any atom is -0.339 e. The van der Waals surface area contributed by atoms with E-state index in [1.807, 2.05) is 55.3 Å². The van der Waals surface area contributed by atoms with Gasteiger partial charge in [-0.2, -0.15) is 5.10 Å². The van der Waals surface area contributed by atoms with E-state index in [1.54, 1.807) is 4.68 Å². The molecule has 0 spiro atoms. The van der Waals surface area contributed by atoms with Gasteiger partial charge in [0.15, 0.2) is 5.65 Å². The van der Waals surface area contributed by atoms with Crippen LogP contribution in [0.1, 0.15) is 28.9 Å². The number of pyridine rings is 1. The number of carbonyl (C=O) groups is 1. The van der Waals surface area contributed by atoms with Gasteiger partial charge in [-0.25, -0.2) is 4.98 Å². The summed E-state index contributed by atoms with van der Waals surface area (Å²) in [6, 6.07) is 11.9. The van der Waals surface area contributed by atoms with E-state index in [-0.39, 0.29) is 5.91 Å². The number of benzene rings is 1. The predicted octanol–water partition coefficient (Wildman–Crippen LogP) is 3.18. The summed E-state index contributed by atoms with van der Waals surface area (Å²) >= 11 is 0. The molecule has 0 aliphatic carbocycles. The number of aryl methyl sites for hydroxylation is 2. The van der Waals surface area contributed by atoms with Crippen molar-refractivity contribution in [1.82, 2.24) is 19.7 Å². The van der Waals surface area contributed by atoms with Gasteiger partial charge in [-0.3, -0.25) is 9.48 Å². The van der Waals surface area contributed by atoms with E-state index in [9.17, 15) is 4.79 Å². The van der Waals surface area contributed by atoms with Crippen molar-refractivity contribution in [2.45, 2.75) is 19.8 Å². The van der Waals surface area contributed by atoms with Crippen molar-refractivity contribution in [1.29, 1.82) is 0 Å². The van der Waals surface area contributed by atoms with E-state index in [2.05, 4.69) is 5.10 Å². The van der Waals surface area contributed by atoms with E-state index in [1.165, 1.54) is 0 Å². The predicted molar refractivity (Wildman–Crippen MR) is 93.8 cm³/mol. The Bertz CT molecular complexity index is 908. The van der Waals surface area contributed by atoms with Crippen molar-refractivity contribution in [3.05, 3.63) is 47.7 Å². The Hall–Kier alpha value is -2.69. The highest BCUT2D eigenvalue weighted by Crippen LogP contribution is 2.28. The molecule has 1 amide bonds. The standard InChI is InChI=1S/C19H20N4O/c1-13-17-15(19(24)23-10-6-7-11-23)12-16(14-8-4-3-5-9-14)20-18(17)22(2)21-13/h3-5,8-9,12H,6-7,10-11H2,1-2H3. The van der Waals surface area contributed by atoms with Crippen LogP contribution in [-0.4, -0.2) is 38.7 Å². The van der Waals surface area contributed by atoms with Crippen molar-refractivity contribution in [2.75, 3.05) is 13.1 Å². The van der Waals surface area contributed by atoms with Gasteiger partial charge >= 0.3 is 0 Å². The van der Waals surface area contributed by atoms with Gasteiger partial charge in [0.05, 0.1) is 22.3 Å². The lowest BCUT2D eigenvalue weighted by Crippen LogP contribution is -2.28. The molecule has 1 aliphatic rings. The first-order valence-electron chi connectivity index (χ1n) is 8.34. The lowest BCUT2D eigenvalue weighted by molar-refractivity contribution is 0.0794. The summed E-state index contributed by atoms with van der Waals surface area (Å²) in [4.78, 5) is 19.8. The fourth-order valence-electron chi connectivity index (χ4n) is 3.46. The molecule has 2 aromatic heterocycles. The number of likely N-dealkylation sites (tertiary alicyclic amines) is 1. The molecule has 5 nitrogen and oxygen atoms in total. The maximum Gasteiger partial charge on any atom is 0.254 e. The summed E-state index contributed by atoms with van der Waals surface area (Å²) in [5, 5.41) is 5.35. The molecule has 122 valence electrons. The average Bonchev–Trinajstić information content (AvgIpc) is 3.23. The normalized spacial score (nSPS) is 14.5. The number of carbonyl (C=O) groups excluding carboxylic acids is 1.